The highest BCUT2D eigenvalue weighted by Gasteiger charge is 2.42. The summed E-state index contributed by atoms with van der Waals surface area (Å²) < 4.78 is 12.3. The van der Waals surface area contributed by atoms with Crippen LogP contribution in [0.3, 0.4) is 0 Å². The minimum absolute atomic E-state index is 0.138. The lowest BCUT2D eigenvalue weighted by atomic mass is 9.62. The van der Waals surface area contributed by atoms with Crippen LogP contribution in [0, 0.1) is 17.3 Å². The molecule has 3 N–H and O–H groups in total. The van der Waals surface area contributed by atoms with Crippen molar-refractivity contribution < 1.29 is 24.5 Å². The molecule has 1 saturated carbocycles. The molecule has 162 valence electrons. The van der Waals surface area contributed by atoms with E-state index in [1.165, 1.54) is 30.7 Å². The molecular formula is C25H26O6. The van der Waals surface area contributed by atoms with Crippen LogP contribution in [0.25, 0.3) is 22.3 Å². The maximum absolute atomic E-state index is 13.0. The highest BCUT2D eigenvalue weighted by molar-refractivity contribution is 5.89. The third kappa shape index (κ3) is 3.21. The van der Waals surface area contributed by atoms with Crippen LogP contribution in [-0.4, -0.2) is 21.9 Å². The topological polar surface area (TPSA) is 100 Å². The van der Waals surface area contributed by atoms with E-state index >= 15 is 0 Å². The van der Waals surface area contributed by atoms with Gasteiger partial charge >= 0.3 is 0 Å². The average Bonchev–Trinajstić information content (AvgIpc) is 2.90. The molecule has 0 saturated heterocycles. The number of hydrogen-bond acceptors (Lipinski definition) is 6. The average molecular weight is 422 g/mol. The van der Waals surface area contributed by atoms with Gasteiger partial charge in [-0.3, -0.25) is 4.79 Å². The Morgan fingerprint density at radius 1 is 1.03 bits per heavy atom. The smallest absolute Gasteiger partial charge is 0.197 e. The van der Waals surface area contributed by atoms with E-state index in [1.54, 1.807) is 6.07 Å². The van der Waals surface area contributed by atoms with Crippen molar-refractivity contribution in [1.82, 2.24) is 0 Å². The van der Waals surface area contributed by atoms with Crippen LogP contribution in [-0.2, 0) is 6.42 Å². The van der Waals surface area contributed by atoms with E-state index in [0.29, 0.717) is 41.8 Å². The van der Waals surface area contributed by atoms with Crippen molar-refractivity contribution in [2.24, 2.45) is 17.3 Å². The first-order chi connectivity index (χ1) is 14.7. The van der Waals surface area contributed by atoms with Gasteiger partial charge < -0.3 is 24.5 Å². The van der Waals surface area contributed by atoms with Gasteiger partial charge in [-0.1, -0.05) is 20.3 Å². The van der Waals surface area contributed by atoms with Crippen molar-refractivity contribution in [2.75, 3.05) is 6.61 Å². The molecule has 2 aromatic carbocycles. The zero-order valence-electron chi connectivity index (χ0n) is 17.6. The van der Waals surface area contributed by atoms with Gasteiger partial charge in [0.25, 0.3) is 0 Å². The summed E-state index contributed by atoms with van der Waals surface area (Å²) in [7, 11) is 0. The van der Waals surface area contributed by atoms with Crippen molar-refractivity contribution in [3.8, 4) is 34.3 Å². The van der Waals surface area contributed by atoms with Gasteiger partial charge in [0.05, 0.1) is 6.61 Å². The molecule has 0 bridgehead atoms. The molecule has 2 unspecified atom stereocenters. The summed E-state index contributed by atoms with van der Waals surface area (Å²) >= 11 is 0. The van der Waals surface area contributed by atoms with E-state index < -0.39 is 0 Å². The Bertz CT molecular complexity index is 1240. The molecule has 6 heteroatoms. The van der Waals surface area contributed by atoms with Crippen LogP contribution in [0.1, 0.15) is 38.7 Å². The monoisotopic (exact) mass is 422 g/mol. The van der Waals surface area contributed by atoms with Gasteiger partial charge in [0, 0.05) is 23.3 Å². The van der Waals surface area contributed by atoms with Gasteiger partial charge in [0.15, 0.2) is 16.9 Å². The van der Waals surface area contributed by atoms with Gasteiger partial charge in [0.1, 0.15) is 28.2 Å². The fraction of sp³-hybridized carbons (Fsp3) is 0.400. The predicted octanol–water partition coefficient (Wildman–Crippen LogP) is 4.95. The lowest BCUT2D eigenvalue weighted by molar-refractivity contribution is 0.0535. The molecule has 0 spiro atoms. The summed E-state index contributed by atoms with van der Waals surface area (Å²) in [6, 6.07) is 7.08. The summed E-state index contributed by atoms with van der Waals surface area (Å²) in [4.78, 5) is 13.0. The first-order valence-corrected chi connectivity index (χ1v) is 10.7. The van der Waals surface area contributed by atoms with Crippen LogP contribution in [0.5, 0.6) is 23.0 Å². The number of aromatic hydroxyl groups is 3. The van der Waals surface area contributed by atoms with Crippen LogP contribution in [0.2, 0.25) is 0 Å². The summed E-state index contributed by atoms with van der Waals surface area (Å²) in [6.45, 7) is 5.16. The maximum atomic E-state index is 13.0. The highest BCUT2D eigenvalue weighted by Crippen LogP contribution is 2.50. The molecule has 3 aromatic rings. The molecule has 1 aliphatic heterocycles. The molecule has 31 heavy (non-hydrogen) atoms. The SMILES string of the molecule is CC1(C)CCCC2COc3cc(O)c4c(=O)cc(-c5ccc(O)c(O)c5)oc4c3CC21. The van der Waals surface area contributed by atoms with Gasteiger partial charge in [0.2, 0.25) is 0 Å². The zero-order chi connectivity index (χ0) is 21.9. The number of benzene rings is 2. The van der Waals surface area contributed by atoms with Crippen LogP contribution < -0.4 is 10.2 Å². The standard InChI is InChI=1S/C25H26O6/c1-25(2)7-3-4-14-12-30-22-11-20(29)23-19(28)10-21(13-5-6-17(26)18(27)8-13)31-24(23)15(22)9-16(14)25/h5-6,8,10-11,14,16,26-27,29H,3-4,7,9,12H2,1-2H3. The van der Waals surface area contributed by atoms with Crippen molar-refractivity contribution >= 4 is 11.0 Å². The third-order valence-corrected chi connectivity index (χ3v) is 7.15. The van der Waals surface area contributed by atoms with Crippen LogP contribution >= 0.6 is 0 Å². The highest BCUT2D eigenvalue weighted by atomic mass is 16.5. The Balaban J connectivity index is 1.73. The van der Waals surface area contributed by atoms with E-state index in [2.05, 4.69) is 13.8 Å². The molecule has 0 amide bonds. The molecule has 0 radical (unpaired) electrons. The fourth-order valence-corrected chi connectivity index (χ4v) is 5.39. The Kier molecular flexibility index (Phi) is 4.43. The Morgan fingerprint density at radius 2 is 1.84 bits per heavy atom. The van der Waals surface area contributed by atoms with Crippen molar-refractivity contribution in [3.05, 3.63) is 46.1 Å². The summed E-state index contributed by atoms with van der Waals surface area (Å²) in [5.41, 5.74) is 1.35. The van der Waals surface area contributed by atoms with Gasteiger partial charge in [-0.2, -0.15) is 0 Å². The largest absolute Gasteiger partial charge is 0.507 e. The quantitative estimate of drug-likeness (QED) is 0.480. The Morgan fingerprint density at radius 3 is 2.61 bits per heavy atom. The predicted molar refractivity (Wildman–Crippen MR) is 117 cm³/mol. The van der Waals surface area contributed by atoms with E-state index in [1.807, 2.05) is 0 Å². The van der Waals surface area contributed by atoms with Crippen molar-refractivity contribution in [2.45, 2.75) is 39.5 Å². The normalized spacial score (nSPS) is 22.3. The molecule has 1 aromatic heterocycles. The Hall–Kier alpha value is -3.15. The fourth-order valence-electron chi connectivity index (χ4n) is 5.39. The van der Waals surface area contributed by atoms with E-state index in [-0.39, 0.29) is 39.2 Å². The summed E-state index contributed by atoms with van der Waals surface area (Å²) in [5.74, 6) is 0.891. The van der Waals surface area contributed by atoms with E-state index in [4.69, 9.17) is 9.15 Å². The molecule has 5 rings (SSSR count). The van der Waals surface area contributed by atoms with Crippen LogP contribution in [0.15, 0.2) is 39.5 Å². The van der Waals surface area contributed by atoms with Crippen molar-refractivity contribution in [3.63, 3.8) is 0 Å². The number of fused-ring (bicyclic) bond motifs is 4. The van der Waals surface area contributed by atoms with Gasteiger partial charge in [-0.25, -0.2) is 0 Å². The Labute approximate surface area is 179 Å². The van der Waals surface area contributed by atoms with E-state index in [0.717, 1.165) is 18.4 Å². The second kappa shape index (κ2) is 6.94. The molecule has 1 aliphatic carbocycles. The number of phenolic OH excluding ortho intramolecular Hbond substituents is 3. The lowest BCUT2D eigenvalue weighted by Crippen LogP contribution is -2.37. The molecule has 2 atom stereocenters. The lowest BCUT2D eigenvalue weighted by Gasteiger charge is -2.43. The van der Waals surface area contributed by atoms with E-state index in [9.17, 15) is 20.1 Å². The number of ether oxygens (including phenoxy) is 1. The maximum Gasteiger partial charge on any atom is 0.197 e. The summed E-state index contributed by atoms with van der Waals surface area (Å²) in [5, 5.41) is 30.2. The second-order valence-corrected chi connectivity index (χ2v) is 9.52. The molecular weight excluding hydrogens is 396 g/mol. The van der Waals surface area contributed by atoms with Crippen LogP contribution in [0.4, 0.5) is 0 Å². The van der Waals surface area contributed by atoms with Crippen molar-refractivity contribution in [1.29, 1.82) is 0 Å². The second-order valence-electron chi connectivity index (χ2n) is 9.52. The minimum atomic E-state index is -0.368. The first-order valence-electron chi connectivity index (χ1n) is 10.7. The first kappa shape index (κ1) is 19.8. The molecule has 6 nitrogen and oxygen atoms in total. The third-order valence-electron chi connectivity index (χ3n) is 7.15. The molecule has 1 fully saturated rings. The number of rotatable bonds is 1. The summed E-state index contributed by atoms with van der Waals surface area (Å²) in [6.07, 6.45) is 4.12. The number of phenols is 3. The van der Waals surface area contributed by atoms with Gasteiger partial charge in [-0.15, -0.1) is 0 Å². The molecule has 2 aliphatic rings. The zero-order valence-corrected chi connectivity index (χ0v) is 17.6. The number of hydrogen-bond donors (Lipinski definition) is 3. The molecule has 2 heterocycles. The minimum Gasteiger partial charge on any atom is -0.507 e. The van der Waals surface area contributed by atoms with Gasteiger partial charge in [-0.05, 0) is 54.7 Å².